The van der Waals surface area contributed by atoms with Gasteiger partial charge >= 0.3 is 0 Å². The van der Waals surface area contributed by atoms with Crippen LogP contribution in [0.15, 0.2) is 0 Å². The number of hydrogen-bond acceptors (Lipinski definition) is 3. The van der Waals surface area contributed by atoms with E-state index < -0.39 is 10.0 Å². The standard InChI is InChI=1S/C10H22N2O2S/c1-9(2)4-7-15(13,14)12-10(8-11)5-3-6-10/h9,12H,3-8,11H2,1-2H3. The molecule has 5 heteroatoms. The van der Waals surface area contributed by atoms with Gasteiger partial charge in [0, 0.05) is 12.1 Å². The molecule has 0 saturated heterocycles. The number of sulfonamides is 1. The van der Waals surface area contributed by atoms with Gasteiger partial charge in [-0.05, 0) is 31.6 Å². The van der Waals surface area contributed by atoms with Gasteiger partial charge in [0.2, 0.25) is 10.0 Å². The first kappa shape index (κ1) is 12.9. The van der Waals surface area contributed by atoms with E-state index in [0.717, 1.165) is 19.3 Å². The first-order valence-corrected chi connectivity index (χ1v) is 7.26. The van der Waals surface area contributed by atoms with Crippen LogP contribution < -0.4 is 10.5 Å². The predicted octanol–water partition coefficient (Wildman–Crippen LogP) is 0.833. The van der Waals surface area contributed by atoms with E-state index in [4.69, 9.17) is 5.73 Å². The van der Waals surface area contributed by atoms with E-state index in [-0.39, 0.29) is 11.3 Å². The molecule has 0 aromatic rings. The van der Waals surface area contributed by atoms with Crippen molar-refractivity contribution in [3.63, 3.8) is 0 Å². The van der Waals surface area contributed by atoms with Crippen LogP contribution in [0.3, 0.4) is 0 Å². The average molecular weight is 234 g/mol. The fraction of sp³-hybridized carbons (Fsp3) is 1.00. The fourth-order valence-electron chi connectivity index (χ4n) is 1.72. The van der Waals surface area contributed by atoms with E-state index in [1.54, 1.807) is 0 Å². The van der Waals surface area contributed by atoms with Gasteiger partial charge in [-0.1, -0.05) is 13.8 Å². The minimum absolute atomic E-state index is 0.215. The molecule has 90 valence electrons. The van der Waals surface area contributed by atoms with Crippen LogP contribution in [-0.2, 0) is 10.0 Å². The summed E-state index contributed by atoms with van der Waals surface area (Å²) in [4.78, 5) is 0. The van der Waals surface area contributed by atoms with Gasteiger partial charge < -0.3 is 5.73 Å². The molecule has 3 N–H and O–H groups in total. The minimum atomic E-state index is -3.14. The molecule has 0 aliphatic heterocycles. The molecule has 1 aliphatic rings. The lowest BCUT2D eigenvalue weighted by atomic mass is 9.78. The van der Waals surface area contributed by atoms with Crippen LogP contribution in [0, 0.1) is 5.92 Å². The van der Waals surface area contributed by atoms with Gasteiger partial charge in [-0.25, -0.2) is 13.1 Å². The first-order valence-electron chi connectivity index (χ1n) is 5.61. The van der Waals surface area contributed by atoms with Crippen molar-refractivity contribution in [2.75, 3.05) is 12.3 Å². The summed E-state index contributed by atoms with van der Waals surface area (Å²) in [6.07, 6.45) is 3.54. The highest BCUT2D eigenvalue weighted by Gasteiger charge is 2.38. The fourth-order valence-corrected chi connectivity index (χ4v) is 3.55. The van der Waals surface area contributed by atoms with Crippen molar-refractivity contribution in [3.8, 4) is 0 Å². The summed E-state index contributed by atoms with van der Waals surface area (Å²) in [6.45, 7) is 4.46. The molecule has 0 amide bonds. The average Bonchev–Trinajstić information content (AvgIpc) is 2.09. The van der Waals surface area contributed by atoms with Crippen LogP contribution in [-0.4, -0.2) is 26.3 Å². The number of hydrogen-bond donors (Lipinski definition) is 2. The maximum Gasteiger partial charge on any atom is 0.212 e. The van der Waals surface area contributed by atoms with Crippen molar-refractivity contribution in [1.29, 1.82) is 0 Å². The van der Waals surface area contributed by atoms with Gasteiger partial charge in [0.1, 0.15) is 0 Å². The molecule has 0 atom stereocenters. The second-order valence-corrected chi connectivity index (χ2v) is 6.78. The lowest BCUT2D eigenvalue weighted by Gasteiger charge is -2.41. The Balaban J connectivity index is 2.48. The van der Waals surface area contributed by atoms with Crippen LogP contribution in [0.5, 0.6) is 0 Å². The normalized spacial score (nSPS) is 20.3. The van der Waals surface area contributed by atoms with E-state index in [1.807, 2.05) is 13.8 Å². The smallest absolute Gasteiger partial charge is 0.212 e. The highest BCUT2D eigenvalue weighted by molar-refractivity contribution is 7.89. The molecule has 1 rings (SSSR count). The highest BCUT2D eigenvalue weighted by atomic mass is 32.2. The SMILES string of the molecule is CC(C)CCS(=O)(=O)NC1(CN)CCC1. The van der Waals surface area contributed by atoms with Crippen molar-refractivity contribution in [2.24, 2.45) is 11.7 Å². The zero-order valence-electron chi connectivity index (χ0n) is 9.62. The van der Waals surface area contributed by atoms with Crippen LogP contribution in [0.25, 0.3) is 0 Å². The van der Waals surface area contributed by atoms with Crippen molar-refractivity contribution >= 4 is 10.0 Å². The van der Waals surface area contributed by atoms with Crippen molar-refractivity contribution in [3.05, 3.63) is 0 Å². The van der Waals surface area contributed by atoms with Crippen LogP contribution in [0.4, 0.5) is 0 Å². The molecule has 0 aromatic carbocycles. The van der Waals surface area contributed by atoms with Gasteiger partial charge in [0.15, 0.2) is 0 Å². The molecule has 15 heavy (non-hydrogen) atoms. The molecule has 0 bridgehead atoms. The Morgan fingerprint density at radius 3 is 2.33 bits per heavy atom. The number of nitrogens with two attached hydrogens (primary N) is 1. The quantitative estimate of drug-likeness (QED) is 0.715. The third-order valence-electron chi connectivity index (χ3n) is 3.04. The molecule has 0 radical (unpaired) electrons. The van der Waals surface area contributed by atoms with Crippen LogP contribution in [0.2, 0.25) is 0 Å². The molecular weight excluding hydrogens is 212 g/mol. The Morgan fingerprint density at radius 1 is 1.40 bits per heavy atom. The topological polar surface area (TPSA) is 72.2 Å². The summed E-state index contributed by atoms with van der Waals surface area (Å²) in [5, 5.41) is 0. The summed E-state index contributed by atoms with van der Waals surface area (Å²) in [7, 11) is -3.14. The third kappa shape index (κ3) is 3.74. The Hall–Kier alpha value is -0.130. The van der Waals surface area contributed by atoms with Gasteiger partial charge in [-0.15, -0.1) is 0 Å². The summed E-state index contributed by atoms with van der Waals surface area (Å²) >= 11 is 0. The summed E-state index contributed by atoms with van der Waals surface area (Å²) < 4.78 is 26.2. The van der Waals surface area contributed by atoms with Crippen molar-refractivity contribution in [1.82, 2.24) is 4.72 Å². The molecule has 0 spiro atoms. The van der Waals surface area contributed by atoms with Crippen molar-refractivity contribution < 1.29 is 8.42 Å². The lowest BCUT2D eigenvalue weighted by molar-refractivity contribution is 0.230. The van der Waals surface area contributed by atoms with E-state index in [9.17, 15) is 8.42 Å². The van der Waals surface area contributed by atoms with E-state index >= 15 is 0 Å². The zero-order chi connectivity index (χ0) is 11.5. The van der Waals surface area contributed by atoms with E-state index in [1.165, 1.54) is 0 Å². The Kier molecular flexibility index (Phi) is 4.14. The van der Waals surface area contributed by atoms with Gasteiger partial charge in [-0.3, -0.25) is 0 Å². The molecular formula is C10H22N2O2S. The second kappa shape index (κ2) is 4.80. The number of nitrogens with one attached hydrogen (secondary N) is 1. The Morgan fingerprint density at radius 2 is 2.00 bits per heavy atom. The maximum atomic E-state index is 11.7. The Bertz CT molecular complexity index is 289. The molecule has 1 aliphatic carbocycles. The monoisotopic (exact) mass is 234 g/mol. The third-order valence-corrected chi connectivity index (χ3v) is 4.55. The first-order chi connectivity index (χ1) is 6.89. The minimum Gasteiger partial charge on any atom is -0.329 e. The maximum absolute atomic E-state index is 11.7. The zero-order valence-corrected chi connectivity index (χ0v) is 10.4. The molecule has 0 heterocycles. The second-order valence-electron chi connectivity index (χ2n) is 4.94. The van der Waals surface area contributed by atoms with E-state index in [0.29, 0.717) is 18.9 Å². The molecule has 4 nitrogen and oxygen atoms in total. The number of rotatable bonds is 6. The molecule has 1 saturated carbocycles. The van der Waals surface area contributed by atoms with Crippen molar-refractivity contribution in [2.45, 2.75) is 45.1 Å². The summed E-state index contributed by atoms with van der Waals surface area (Å²) in [5.41, 5.74) is 5.28. The summed E-state index contributed by atoms with van der Waals surface area (Å²) in [5.74, 6) is 0.628. The van der Waals surface area contributed by atoms with Crippen LogP contribution >= 0.6 is 0 Å². The van der Waals surface area contributed by atoms with Crippen LogP contribution in [0.1, 0.15) is 39.5 Å². The predicted molar refractivity (Wildman–Crippen MR) is 62.0 cm³/mol. The molecule has 0 unspecified atom stereocenters. The molecule has 1 fully saturated rings. The Labute approximate surface area is 92.7 Å². The van der Waals surface area contributed by atoms with E-state index in [2.05, 4.69) is 4.72 Å². The highest BCUT2D eigenvalue weighted by Crippen LogP contribution is 2.31. The summed E-state index contributed by atoms with van der Waals surface area (Å²) in [6, 6.07) is 0. The lowest BCUT2D eigenvalue weighted by Crippen LogP contribution is -2.58. The largest absolute Gasteiger partial charge is 0.329 e. The van der Waals surface area contributed by atoms with Gasteiger partial charge in [0.25, 0.3) is 0 Å². The molecule has 0 aromatic heterocycles. The van der Waals surface area contributed by atoms with Gasteiger partial charge in [-0.2, -0.15) is 0 Å². The van der Waals surface area contributed by atoms with Gasteiger partial charge in [0.05, 0.1) is 5.75 Å².